The van der Waals surface area contributed by atoms with Crippen LogP contribution in [0.25, 0.3) is 0 Å². The molecule has 23 heavy (non-hydrogen) atoms. The summed E-state index contributed by atoms with van der Waals surface area (Å²) in [5, 5.41) is 13.1. The van der Waals surface area contributed by atoms with E-state index in [4.69, 9.17) is 4.52 Å². The Hall–Kier alpha value is -1.32. The van der Waals surface area contributed by atoms with Gasteiger partial charge in [-0.05, 0) is 12.8 Å². The lowest BCUT2D eigenvalue weighted by Gasteiger charge is -2.12. The summed E-state index contributed by atoms with van der Waals surface area (Å²) in [6, 6.07) is 0. The standard InChI is InChI=1S/C15H27N5O2.HI/c1-5-8-17-14(21)10-19-15(16-4)18-9-11-12(6-2)20-22-13(11)7-3;/h5-10H2,1-4H3,(H,17,21)(H2,16,18,19);1H. The highest BCUT2D eigenvalue weighted by molar-refractivity contribution is 14.0. The number of nitrogens with one attached hydrogen (secondary N) is 3. The zero-order valence-electron chi connectivity index (χ0n) is 14.4. The number of aromatic nitrogens is 1. The fraction of sp³-hybridized carbons (Fsp3) is 0.667. The Morgan fingerprint density at radius 3 is 2.48 bits per heavy atom. The zero-order chi connectivity index (χ0) is 16.4. The molecule has 0 atom stereocenters. The van der Waals surface area contributed by atoms with E-state index in [0.717, 1.165) is 36.3 Å². The van der Waals surface area contributed by atoms with Crippen molar-refractivity contribution in [3.63, 3.8) is 0 Å². The van der Waals surface area contributed by atoms with E-state index in [1.165, 1.54) is 0 Å². The second kappa shape index (κ2) is 12.1. The monoisotopic (exact) mass is 437 g/mol. The molecule has 0 spiro atoms. The number of halogens is 1. The minimum Gasteiger partial charge on any atom is -0.361 e. The molecule has 0 aliphatic heterocycles. The van der Waals surface area contributed by atoms with Crippen LogP contribution in [0.1, 0.15) is 44.2 Å². The van der Waals surface area contributed by atoms with Gasteiger partial charge in [-0.2, -0.15) is 0 Å². The van der Waals surface area contributed by atoms with Crippen molar-refractivity contribution in [2.24, 2.45) is 4.99 Å². The predicted molar refractivity (Wildman–Crippen MR) is 102 cm³/mol. The lowest BCUT2D eigenvalue weighted by Crippen LogP contribution is -2.43. The van der Waals surface area contributed by atoms with Gasteiger partial charge in [0.05, 0.1) is 12.2 Å². The van der Waals surface area contributed by atoms with Crippen LogP contribution >= 0.6 is 24.0 Å². The van der Waals surface area contributed by atoms with E-state index < -0.39 is 0 Å². The van der Waals surface area contributed by atoms with Crippen molar-refractivity contribution < 1.29 is 9.32 Å². The first kappa shape index (κ1) is 21.7. The van der Waals surface area contributed by atoms with E-state index in [1.54, 1.807) is 7.05 Å². The van der Waals surface area contributed by atoms with Gasteiger partial charge in [-0.3, -0.25) is 9.79 Å². The number of aryl methyl sites for hydroxylation is 2. The van der Waals surface area contributed by atoms with Crippen LogP contribution < -0.4 is 16.0 Å². The molecule has 0 aromatic carbocycles. The van der Waals surface area contributed by atoms with E-state index in [9.17, 15) is 4.79 Å². The summed E-state index contributed by atoms with van der Waals surface area (Å²) in [5.41, 5.74) is 2.03. The van der Waals surface area contributed by atoms with Crippen LogP contribution in [0.3, 0.4) is 0 Å². The molecule has 3 N–H and O–H groups in total. The molecule has 1 heterocycles. The van der Waals surface area contributed by atoms with Gasteiger partial charge in [0.25, 0.3) is 0 Å². The highest BCUT2D eigenvalue weighted by Gasteiger charge is 2.13. The number of amides is 1. The van der Waals surface area contributed by atoms with E-state index in [-0.39, 0.29) is 36.4 Å². The first-order valence-electron chi connectivity index (χ1n) is 7.83. The lowest BCUT2D eigenvalue weighted by atomic mass is 10.1. The minimum absolute atomic E-state index is 0. The van der Waals surface area contributed by atoms with Crippen LogP contribution in [-0.4, -0.2) is 37.2 Å². The molecule has 1 aromatic rings. The number of nitrogens with zero attached hydrogens (tertiary/aromatic N) is 2. The summed E-state index contributed by atoms with van der Waals surface area (Å²) in [4.78, 5) is 15.7. The van der Waals surface area contributed by atoms with Crippen molar-refractivity contribution >= 4 is 35.8 Å². The summed E-state index contributed by atoms with van der Waals surface area (Å²) in [5.74, 6) is 1.43. The molecule has 1 aromatic heterocycles. The average molecular weight is 437 g/mol. The summed E-state index contributed by atoms with van der Waals surface area (Å²) >= 11 is 0. The molecule has 0 fully saturated rings. The fourth-order valence-electron chi connectivity index (χ4n) is 2.02. The Kier molecular flexibility index (Phi) is 11.4. The summed E-state index contributed by atoms with van der Waals surface area (Å²) < 4.78 is 5.33. The van der Waals surface area contributed by atoms with E-state index in [2.05, 4.69) is 26.1 Å². The van der Waals surface area contributed by atoms with Crippen LogP contribution in [-0.2, 0) is 24.2 Å². The fourth-order valence-corrected chi connectivity index (χ4v) is 2.02. The molecule has 1 rings (SSSR count). The molecule has 132 valence electrons. The van der Waals surface area contributed by atoms with Gasteiger partial charge in [-0.25, -0.2) is 0 Å². The molecule has 0 radical (unpaired) electrons. The first-order valence-corrected chi connectivity index (χ1v) is 7.83. The molecule has 8 heteroatoms. The molecular weight excluding hydrogens is 409 g/mol. The maximum Gasteiger partial charge on any atom is 0.239 e. The van der Waals surface area contributed by atoms with Gasteiger partial charge in [-0.15, -0.1) is 24.0 Å². The number of guanidine groups is 1. The third-order valence-corrected chi connectivity index (χ3v) is 3.25. The molecule has 0 unspecified atom stereocenters. The smallest absolute Gasteiger partial charge is 0.239 e. The van der Waals surface area contributed by atoms with E-state index in [1.807, 2.05) is 20.8 Å². The van der Waals surface area contributed by atoms with Crippen molar-refractivity contribution in [2.75, 3.05) is 20.1 Å². The highest BCUT2D eigenvalue weighted by Crippen LogP contribution is 2.15. The first-order chi connectivity index (χ1) is 10.7. The molecule has 1 amide bonds. The average Bonchev–Trinajstić information content (AvgIpc) is 2.95. The SMILES string of the molecule is CCCNC(=O)CNC(=NC)NCc1c(CC)noc1CC.I. The Morgan fingerprint density at radius 2 is 1.91 bits per heavy atom. The quantitative estimate of drug-likeness (QED) is 0.327. The van der Waals surface area contributed by atoms with Crippen molar-refractivity contribution in [3.05, 3.63) is 17.0 Å². The summed E-state index contributed by atoms with van der Waals surface area (Å²) in [7, 11) is 1.67. The normalized spacial score (nSPS) is 10.9. The van der Waals surface area contributed by atoms with Gasteiger partial charge in [0.2, 0.25) is 5.91 Å². The number of aliphatic imine (C=N–C) groups is 1. The van der Waals surface area contributed by atoms with Crippen molar-refractivity contribution in [3.8, 4) is 0 Å². The Labute approximate surface area is 155 Å². The van der Waals surface area contributed by atoms with Crippen LogP contribution in [0.5, 0.6) is 0 Å². The molecule has 0 saturated carbocycles. The number of carbonyl (C=O) groups excluding carboxylic acids is 1. The lowest BCUT2D eigenvalue weighted by molar-refractivity contribution is -0.120. The number of hydrogen-bond donors (Lipinski definition) is 3. The van der Waals surface area contributed by atoms with Gasteiger partial charge in [0, 0.05) is 32.1 Å². The van der Waals surface area contributed by atoms with Crippen molar-refractivity contribution in [1.29, 1.82) is 0 Å². The predicted octanol–water partition coefficient (Wildman–Crippen LogP) is 1.61. The van der Waals surface area contributed by atoms with Crippen LogP contribution in [0, 0.1) is 0 Å². The van der Waals surface area contributed by atoms with Crippen LogP contribution in [0.2, 0.25) is 0 Å². The van der Waals surface area contributed by atoms with Gasteiger partial charge in [-0.1, -0.05) is 25.9 Å². The summed E-state index contributed by atoms with van der Waals surface area (Å²) in [6.07, 6.45) is 2.55. The van der Waals surface area contributed by atoms with Crippen LogP contribution in [0.4, 0.5) is 0 Å². The molecule has 0 bridgehead atoms. The number of hydrogen-bond acceptors (Lipinski definition) is 4. The molecule has 7 nitrogen and oxygen atoms in total. The minimum atomic E-state index is -0.0433. The molecular formula is C15H28IN5O2. The van der Waals surface area contributed by atoms with Gasteiger partial charge in [0.15, 0.2) is 5.96 Å². The number of carbonyl (C=O) groups is 1. The molecule has 0 aliphatic carbocycles. The second-order valence-corrected chi connectivity index (χ2v) is 4.87. The number of rotatable bonds is 8. The Bertz CT molecular complexity index is 481. The Morgan fingerprint density at radius 1 is 1.17 bits per heavy atom. The molecule has 0 aliphatic rings. The summed E-state index contributed by atoms with van der Waals surface area (Å²) in [6.45, 7) is 7.56. The third-order valence-electron chi connectivity index (χ3n) is 3.25. The highest BCUT2D eigenvalue weighted by atomic mass is 127. The maximum atomic E-state index is 11.6. The van der Waals surface area contributed by atoms with Gasteiger partial charge in [0.1, 0.15) is 5.76 Å². The largest absolute Gasteiger partial charge is 0.361 e. The van der Waals surface area contributed by atoms with Crippen molar-refractivity contribution in [1.82, 2.24) is 21.1 Å². The Balaban J connectivity index is 0.00000484. The second-order valence-electron chi connectivity index (χ2n) is 4.87. The van der Waals surface area contributed by atoms with E-state index in [0.29, 0.717) is 19.0 Å². The van der Waals surface area contributed by atoms with Crippen LogP contribution in [0.15, 0.2) is 9.52 Å². The van der Waals surface area contributed by atoms with Crippen molar-refractivity contribution in [2.45, 2.75) is 46.6 Å². The topological polar surface area (TPSA) is 91.5 Å². The third kappa shape index (κ3) is 7.19. The van der Waals surface area contributed by atoms with Gasteiger partial charge < -0.3 is 20.5 Å². The maximum absolute atomic E-state index is 11.6. The molecule has 0 saturated heterocycles. The van der Waals surface area contributed by atoms with Gasteiger partial charge >= 0.3 is 0 Å². The van der Waals surface area contributed by atoms with E-state index >= 15 is 0 Å². The zero-order valence-corrected chi connectivity index (χ0v) is 16.7.